The van der Waals surface area contributed by atoms with Crippen molar-refractivity contribution in [2.45, 2.75) is 20.3 Å². The van der Waals surface area contributed by atoms with Crippen molar-refractivity contribution in [3.63, 3.8) is 0 Å². The molecule has 2 rings (SSSR count). The highest BCUT2D eigenvalue weighted by Crippen LogP contribution is 2.15. The zero-order valence-corrected chi connectivity index (χ0v) is 14.1. The lowest BCUT2D eigenvalue weighted by Gasteiger charge is -2.06. The summed E-state index contributed by atoms with van der Waals surface area (Å²) in [4.78, 5) is 35.8. The fraction of sp³-hybridized carbons (Fsp3) is 0.294. The monoisotopic (exact) mass is 328 g/mol. The summed E-state index contributed by atoms with van der Waals surface area (Å²) in [6, 6.07) is 6.78. The minimum atomic E-state index is -0.715. The summed E-state index contributed by atoms with van der Waals surface area (Å²) in [5, 5.41) is 9.26. The van der Waals surface area contributed by atoms with Gasteiger partial charge in [0.05, 0.1) is 17.7 Å². The Balaban J connectivity index is 2.09. The van der Waals surface area contributed by atoms with Gasteiger partial charge in [0.2, 0.25) is 5.91 Å². The number of hydrogen-bond donors (Lipinski definition) is 2. The zero-order valence-electron chi connectivity index (χ0n) is 14.1. The number of anilines is 1. The summed E-state index contributed by atoms with van der Waals surface area (Å²) in [6.45, 7) is 3.44. The first-order valence-electron chi connectivity index (χ1n) is 7.49. The number of nitrogens with zero attached hydrogens (tertiary/aromatic N) is 2. The number of aryl methyl sites for hydroxylation is 2. The summed E-state index contributed by atoms with van der Waals surface area (Å²) in [7, 11) is 3.30. The van der Waals surface area contributed by atoms with Gasteiger partial charge in [-0.15, -0.1) is 0 Å². The number of Topliss-reactive ketones (excluding diaryl/α,β-unsaturated/α-hetero) is 1. The van der Waals surface area contributed by atoms with Crippen molar-refractivity contribution in [2.75, 3.05) is 12.4 Å². The van der Waals surface area contributed by atoms with Crippen molar-refractivity contribution < 1.29 is 14.4 Å². The van der Waals surface area contributed by atoms with E-state index in [9.17, 15) is 14.4 Å². The number of carbonyl (C=O) groups excluding carboxylic acids is 3. The van der Waals surface area contributed by atoms with E-state index < -0.39 is 11.7 Å². The van der Waals surface area contributed by atoms with Crippen LogP contribution in [0.1, 0.15) is 27.3 Å². The highest BCUT2D eigenvalue weighted by Gasteiger charge is 2.23. The molecule has 0 saturated heterocycles. The van der Waals surface area contributed by atoms with E-state index >= 15 is 0 Å². The van der Waals surface area contributed by atoms with Gasteiger partial charge in [0.15, 0.2) is 0 Å². The molecular formula is C17H20N4O3. The van der Waals surface area contributed by atoms with Crippen LogP contribution in [0, 0.1) is 13.8 Å². The van der Waals surface area contributed by atoms with Gasteiger partial charge in [-0.25, -0.2) is 0 Å². The average Bonchev–Trinajstić information content (AvgIpc) is 2.81. The molecule has 0 fully saturated rings. The maximum Gasteiger partial charge on any atom is 0.296 e. The summed E-state index contributed by atoms with van der Waals surface area (Å²) in [6.07, 6.45) is 0.262. The normalized spacial score (nSPS) is 10.3. The molecule has 24 heavy (non-hydrogen) atoms. The Bertz CT molecular complexity index is 791. The Morgan fingerprint density at radius 3 is 2.25 bits per heavy atom. The molecule has 0 atom stereocenters. The number of carbonyl (C=O) groups is 3. The standard InChI is InChI=1S/C17H20N4O3/c1-10-15(11(2)21(4)20-10)16(23)17(24)19-13-7-5-12(6-8-13)9-14(22)18-3/h5-8H,9H2,1-4H3,(H,18,22)(H,19,24). The molecule has 0 aliphatic rings. The molecule has 1 aromatic carbocycles. The third kappa shape index (κ3) is 3.68. The first kappa shape index (κ1) is 17.4. The van der Waals surface area contributed by atoms with Gasteiger partial charge in [0.1, 0.15) is 0 Å². The molecular weight excluding hydrogens is 308 g/mol. The van der Waals surface area contributed by atoms with Crippen LogP contribution in [0.3, 0.4) is 0 Å². The van der Waals surface area contributed by atoms with Gasteiger partial charge in [0.25, 0.3) is 11.7 Å². The van der Waals surface area contributed by atoms with Crippen LogP contribution in [0.2, 0.25) is 0 Å². The maximum atomic E-state index is 12.3. The molecule has 0 aliphatic carbocycles. The van der Waals surface area contributed by atoms with Crippen LogP contribution in [-0.4, -0.2) is 34.4 Å². The lowest BCUT2D eigenvalue weighted by Crippen LogP contribution is -2.24. The van der Waals surface area contributed by atoms with Crippen LogP contribution in [0.25, 0.3) is 0 Å². The van der Waals surface area contributed by atoms with Crippen LogP contribution >= 0.6 is 0 Å². The van der Waals surface area contributed by atoms with E-state index in [0.717, 1.165) is 5.56 Å². The van der Waals surface area contributed by atoms with Gasteiger partial charge in [-0.05, 0) is 31.5 Å². The van der Waals surface area contributed by atoms with Gasteiger partial charge >= 0.3 is 0 Å². The third-order valence-corrected chi connectivity index (χ3v) is 3.80. The minimum absolute atomic E-state index is 0.0931. The largest absolute Gasteiger partial charge is 0.359 e. The molecule has 0 spiro atoms. The molecule has 7 heteroatoms. The minimum Gasteiger partial charge on any atom is -0.359 e. The number of amides is 2. The molecule has 126 valence electrons. The van der Waals surface area contributed by atoms with Crippen LogP contribution in [-0.2, 0) is 23.1 Å². The van der Waals surface area contributed by atoms with E-state index in [1.807, 2.05) is 0 Å². The van der Waals surface area contributed by atoms with Crippen molar-refractivity contribution in [3.05, 3.63) is 46.8 Å². The van der Waals surface area contributed by atoms with E-state index in [4.69, 9.17) is 0 Å². The number of hydrogen-bond acceptors (Lipinski definition) is 4. The smallest absolute Gasteiger partial charge is 0.296 e. The SMILES string of the molecule is CNC(=O)Cc1ccc(NC(=O)C(=O)c2c(C)nn(C)c2C)cc1. The van der Waals surface area contributed by atoms with Gasteiger partial charge < -0.3 is 10.6 Å². The first-order valence-corrected chi connectivity index (χ1v) is 7.49. The van der Waals surface area contributed by atoms with Crippen molar-refractivity contribution >= 4 is 23.3 Å². The van der Waals surface area contributed by atoms with E-state index in [1.165, 1.54) is 0 Å². The molecule has 1 heterocycles. The Morgan fingerprint density at radius 1 is 1.12 bits per heavy atom. The lowest BCUT2D eigenvalue weighted by atomic mass is 10.1. The van der Waals surface area contributed by atoms with E-state index in [0.29, 0.717) is 22.6 Å². The molecule has 0 unspecified atom stereocenters. The van der Waals surface area contributed by atoms with Crippen molar-refractivity contribution in [3.8, 4) is 0 Å². The number of nitrogens with one attached hydrogen (secondary N) is 2. The Kier molecular flexibility index (Phi) is 5.13. The van der Waals surface area contributed by atoms with Crippen LogP contribution < -0.4 is 10.6 Å². The molecule has 2 amide bonds. The highest BCUT2D eigenvalue weighted by atomic mass is 16.2. The topological polar surface area (TPSA) is 93.1 Å². The molecule has 0 saturated carbocycles. The number of benzene rings is 1. The van der Waals surface area contributed by atoms with Gasteiger partial charge in [-0.2, -0.15) is 5.10 Å². The maximum absolute atomic E-state index is 12.3. The molecule has 0 bridgehead atoms. The van der Waals surface area contributed by atoms with E-state index in [2.05, 4.69) is 15.7 Å². The van der Waals surface area contributed by atoms with Crippen LogP contribution in [0.5, 0.6) is 0 Å². The predicted octanol–water partition coefficient (Wildman–Crippen LogP) is 1.15. The molecule has 0 aliphatic heterocycles. The summed E-state index contributed by atoms with van der Waals surface area (Å²) in [5.41, 5.74) is 2.81. The number of likely N-dealkylation sites (N-methyl/N-ethyl adjacent to an activating group) is 1. The second kappa shape index (κ2) is 7.08. The first-order chi connectivity index (χ1) is 11.3. The summed E-state index contributed by atoms with van der Waals surface area (Å²) in [5.74, 6) is -1.43. The quantitative estimate of drug-likeness (QED) is 0.636. The van der Waals surface area contributed by atoms with E-state index in [1.54, 1.807) is 56.9 Å². The highest BCUT2D eigenvalue weighted by molar-refractivity contribution is 6.47. The van der Waals surface area contributed by atoms with Gasteiger partial charge in [-0.3, -0.25) is 19.1 Å². The fourth-order valence-corrected chi connectivity index (χ4v) is 2.38. The van der Waals surface area contributed by atoms with Crippen LogP contribution in [0.15, 0.2) is 24.3 Å². The Morgan fingerprint density at radius 2 is 1.75 bits per heavy atom. The van der Waals surface area contributed by atoms with Gasteiger partial charge in [0, 0.05) is 25.5 Å². The zero-order chi connectivity index (χ0) is 17.9. The second-order valence-corrected chi connectivity index (χ2v) is 5.50. The molecule has 7 nitrogen and oxygen atoms in total. The Labute approximate surface area is 140 Å². The van der Waals surface area contributed by atoms with Crippen molar-refractivity contribution in [2.24, 2.45) is 7.05 Å². The average molecular weight is 328 g/mol. The number of rotatable bonds is 5. The third-order valence-electron chi connectivity index (χ3n) is 3.80. The summed E-state index contributed by atoms with van der Waals surface area (Å²) < 4.78 is 1.57. The fourth-order valence-electron chi connectivity index (χ4n) is 2.38. The van der Waals surface area contributed by atoms with Crippen molar-refractivity contribution in [1.29, 1.82) is 0 Å². The van der Waals surface area contributed by atoms with Gasteiger partial charge in [-0.1, -0.05) is 12.1 Å². The number of ketones is 1. The molecule has 0 radical (unpaired) electrons. The lowest BCUT2D eigenvalue weighted by molar-refractivity contribution is -0.120. The second-order valence-electron chi connectivity index (χ2n) is 5.50. The summed E-state index contributed by atoms with van der Waals surface area (Å²) >= 11 is 0. The predicted molar refractivity (Wildman–Crippen MR) is 89.9 cm³/mol. The Hall–Kier alpha value is -2.96. The van der Waals surface area contributed by atoms with Crippen molar-refractivity contribution in [1.82, 2.24) is 15.1 Å². The van der Waals surface area contributed by atoms with E-state index in [-0.39, 0.29) is 12.3 Å². The molecule has 2 N–H and O–H groups in total. The number of aromatic nitrogens is 2. The van der Waals surface area contributed by atoms with Crippen LogP contribution in [0.4, 0.5) is 5.69 Å². The molecule has 1 aromatic heterocycles. The molecule has 2 aromatic rings.